The van der Waals surface area contributed by atoms with Crippen molar-refractivity contribution in [2.45, 2.75) is 27.2 Å². The fourth-order valence-corrected chi connectivity index (χ4v) is 4.69. The topological polar surface area (TPSA) is 55.9 Å². The normalized spacial score (nSPS) is 16.8. The standard InChI is InChI=1S/C27H36N4O2/c1-4-29-15-17-30(18-16-29)14-12-28-26(32)22-7-5-21(6-8-22)23-9-10-25-24(19-23)11-13-31(25)27(33)20(2)3/h5-10,19-20H,4,11-18H2,1-3H3,(H,28,32). The van der Waals surface area contributed by atoms with E-state index in [2.05, 4.69) is 40.2 Å². The van der Waals surface area contributed by atoms with Gasteiger partial charge in [-0.15, -0.1) is 0 Å². The van der Waals surface area contributed by atoms with Gasteiger partial charge in [0.05, 0.1) is 0 Å². The Balaban J connectivity index is 1.32. The number of hydrogen-bond donors (Lipinski definition) is 1. The third kappa shape index (κ3) is 5.45. The molecule has 0 bridgehead atoms. The lowest BCUT2D eigenvalue weighted by molar-refractivity contribution is -0.121. The van der Waals surface area contributed by atoms with E-state index in [0.29, 0.717) is 12.1 Å². The molecule has 2 aliphatic heterocycles. The smallest absolute Gasteiger partial charge is 0.251 e. The van der Waals surface area contributed by atoms with Crippen LogP contribution in [0.25, 0.3) is 11.1 Å². The van der Waals surface area contributed by atoms with Gasteiger partial charge in [0.2, 0.25) is 5.91 Å². The van der Waals surface area contributed by atoms with Crippen molar-refractivity contribution >= 4 is 17.5 Å². The van der Waals surface area contributed by atoms with Crippen LogP contribution < -0.4 is 10.2 Å². The highest BCUT2D eigenvalue weighted by Crippen LogP contribution is 2.33. The van der Waals surface area contributed by atoms with Gasteiger partial charge in [-0.2, -0.15) is 0 Å². The van der Waals surface area contributed by atoms with Crippen molar-refractivity contribution < 1.29 is 9.59 Å². The molecule has 0 radical (unpaired) electrons. The number of nitrogens with one attached hydrogen (secondary N) is 1. The predicted octanol–water partition coefficient (Wildman–Crippen LogP) is 3.27. The first kappa shape index (κ1) is 23.5. The second-order valence-electron chi connectivity index (χ2n) is 9.35. The molecule has 2 aromatic carbocycles. The number of fused-ring (bicyclic) bond motifs is 1. The summed E-state index contributed by atoms with van der Waals surface area (Å²) in [6, 6.07) is 14.1. The van der Waals surface area contributed by atoms with Gasteiger partial charge in [0.25, 0.3) is 5.91 Å². The van der Waals surface area contributed by atoms with Gasteiger partial charge in [0, 0.05) is 63.0 Å². The van der Waals surface area contributed by atoms with Gasteiger partial charge in [0.15, 0.2) is 0 Å². The molecule has 0 spiro atoms. The predicted molar refractivity (Wildman–Crippen MR) is 134 cm³/mol. The van der Waals surface area contributed by atoms with Crippen molar-refractivity contribution in [3.63, 3.8) is 0 Å². The average Bonchev–Trinajstić information content (AvgIpc) is 3.27. The Morgan fingerprint density at radius 3 is 2.24 bits per heavy atom. The highest BCUT2D eigenvalue weighted by atomic mass is 16.2. The van der Waals surface area contributed by atoms with Gasteiger partial charge in [-0.3, -0.25) is 14.5 Å². The van der Waals surface area contributed by atoms with E-state index in [1.54, 1.807) is 0 Å². The van der Waals surface area contributed by atoms with Crippen LogP contribution in [-0.2, 0) is 11.2 Å². The first-order chi connectivity index (χ1) is 16.0. The van der Waals surface area contributed by atoms with E-state index in [1.807, 2.05) is 43.0 Å². The highest BCUT2D eigenvalue weighted by Gasteiger charge is 2.26. The second-order valence-corrected chi connectivity index (χ2v) is 9.35. The quantitative estimate of drug-likeness (QED) is 0.706. The summed E-state index contributed by atoms with van der Waals surface area (Å²) in [6.07, 6.45) is 0.885. The Bertz CT molecular complexity index is 978. The lowest BCUT2D eigenvalue weighted by Gasteiger charge is -2.33. The summed E-state index contributed by atoms with van der Waals surface area (Å²) in [5.41, 5.74) is 5.12. The summed E-state index contributed by atoms with van der Waals surface area (Å²) in [5, 5.41) is 3.06. The molecule has 4 rings (SSSR count). The molecule has 1 N–H and O–H groups in total. The largest absolute Gasteiger partial charge is 0.351 e. The first-order valence-electron chi connectivity index (χ1n) is 12.2. The maximum atomic E-state index is 12.6. The van der Waals surface area contributed by atoms with Crippen molar-refractivity contribution in [2.75, 3.05) is 57.3 Å². The van der Waals surface area contributed by atoms with Gasteiger partial charge >= 0.3 is 0 Å². The molecule has 176 valence electrons. The van der Waals surface area contributed by atoms with Crippen LogP contribution >= 0.6 is 0 Å². The van der Waals surface area contributed by atoms with E-state index in [-0.39, 0.29) is 17.7 Å². The number of carbonyl (C=O) groups is 2. The molecule has 33 heavy (non-hydrogen) atoms. The third-order valence-electron chi connectivity index (χ3n) is 6.84. The number of piperazine rings is 1. The molecule has 2 aliphatic rings. The maximum absolute atomic E-state index is 12.6. The number of anilines is 1. The van der Waals surface area contributed by atoms with Crippen molar-refractivity contribution in [3.8, 4) is 11.1 Å². The van der Waals surface area contributed by atoms with Crippen LogP contribution in [0.2, 0.25) is 0 Å². The van der Waals surface area contributed by atoms with Gasteiger partial charge in [-0.05, 0) is 53.9 Å². The van der Waals surface area contributed by atoms with Crippen molar-refractivity contribution in [1.29, 1.82) is 0 Å². The Labute approximate surface area is 197 Å². The molecule has 1 saturated heterocycles. The molecule has 0 aromatic heterocycles. The summed E-state index contributed by atoms with van der Waals surface area (Å²) >= 11 is 0. The van der Waals surface area contributed by atoms with Gasteiger partial charge in [-0.25, -0.2) is 0 Å². The summed E-state index contributed by atoms with van der Waals surface area (Å²) in [7, 11) is 0. The molecule has 6 nitrogen and oxygen atoms in total. The van der Waals surface area contributed by atoms with Crippen LogP contribution in [0.15, 0.2) is 42.5 Å². The average molecular weight is 449 g/mol. The Hall–Kier alpha value is -2.70. The summed E-state index contributed by atoms with van der Waals surface area (Å²) in [4.78, 5) is 31.8. The molecule has 0 aliphatic carbocycles. The number of carbonyl (C=O) groups excluding carboxylic acids is 2. The molecule has 1 fully saturated rings. The van der Waals surface area contributed by atoms with E-state index in [1.165, 1.54) is 5.56 Å². The lowest BCUT2D eigenvalue weighted by Crippen LogP contribution is -2.48. The van der Waals surface area contributed by atoms with Crippen LogP contribution in [0.4, 0.5) is 5.69 Å². The molecule has 2 heterocycles. The zero-order valence-electron chi connectivity index (χ0n) is 20.1. The Morgan fingerprint density at radius 1 is 0.909 bits per heavy atom. The van der Waals surface area contributed by atoms with Crippen molar-refractivity contribution in [1.82, 2.24) is 15.1 Å². The second kappa shape index (κ2) is 10.5. The maximum Gasteiger partial charge on any atom is 0.251 e. The molecule has 0 saturated carbocycles. The number of hydrogen-bond acceptors (Lipinski definition) is 4. The van der Waals surface area contributed by atoms with Crippen molar-refractivity contribution in [3.05, 3.63) is 53.6 Å². The number of amides is 2. The van der Waals surface area contributed by atoms with Gasteiger partial charge in [-0.1, -0.05) is 39.0 Å². The molecule has 2 amide bonds. The zero-order chi connectivity index (χ0) is 23.4. The number of nitrogens with zero attached hydrogens (tertiary/aromatic N) is 3. The van der Waals surface area contributed by atoms with E-state index >= 15 is 0 Å². The van der Waals surface area contributed by atoms with Crippen LogP contribution in [-0.4, -0.2) is 74.0 Å². The molecule has 0 atom stereocenters. The summed E-state index contributed by atoms with van der Waals surface area (Å²) in [6.45, 7) is 13.9. The summed E-state index contributed by atoms with van der Waals surface area (Å²) < 4.78 is 0. The number of likely N-dealkylation sites (N-methyl/N-ethyl adjacent to an activating group) is 1. The van der Waals surface area contributed by atoms with Crippen LogP contribution in [0.1, 0.15) is 36.7 Å². The minimum Gasteiger partial charge on any atom is -0.351 e. The van der Waals surface area contributed by atoms with E-state index in [4.69, 9.17) is 0 Å². The van der Waals surface area contributed by atoms with Crippen LogP contribution in [0, 0.1) is 5.92 Å². The summed E-state index contributed by atoms with van der Waals surface area (Å²) in [5.74, 6) is 0.159. The Morgan fingerprint density at radius 2 is 1.58 bits per heavy atom. The molecule has 6 heteroatoms. The van der Waals surface area contributed by atoms with E-state index < -0.39 is 0 Å². The van der Waals surface area contributed by atoms with Crippen molar-refractivity contribution in [2.24, 2.45) is 5.92 Å². The monoisotopic (exact) mass is 448 g/mol. The minimum atomic E-state index is -0.0227. The van der Waals surface area contributed by atoms with Gasteiger partial charge < -0.3 is 15.1 Å². The van der Waals surface area contributed by atoms with Gasteiger partial charge in [0.1, 0.15) is 0 Å². The zero-order valence-corrected chi connectivity index (χ0v) is 20.1. The fourth-order valence-electron chi connectivity index (χ4n) is 4.69. The Kier molecular flexibility index (Phi) is 7.46. The lowest BCUT2D eigenvalue weighted by atomic mass is 10.0. The number of benzene rings is 2. The van der Waals surface area contributed by atoms with Crippen LogP contribution in [0.3, 0.4) is 0 Å². The highest BCUT2D eigenvalue weighted by molar-refractivity contribution is 5.97. The molecule has 2 aromatic rings. The fraction of sp³-hybridized carbons (Fsp3) is 0.481. The van der Waals surface area contributed by atoms with E-state index in [9.17, 15) is 9.59 Å². The molecule has 0 unspecified atom stereocenters. The number of rotatable bonds is 7. The third-order valence-corrected chi connectivity index (χ3v) is 6.84. The molecular formula is C27H36N4O2. The first-order valence-corrected chi connectivity index (χ1v) is 12.2. The minimum absolute atomic E-state index is 0.000548. The van der Waals surface area contributed by atoms with Crippen LogP contribution in [0.5, 0.6) is 0 Å². The molecular weight excluding hydrogens is 412 g/mol. The SMILES string of the molecule is CCN1CCN(CCNC(=O)c2ccc(-c3ccc4c(c3)CCN4C(=O)C(C)C)cc2)CC1. The van der Waals surface area contributed by atoms with E-state index in [0.717, 1.165) is 69.0 Å².